The molecule has 1 aromatic rings. The summed E-state index contributed by atoms with van der Waals surface area (Å²) in [7, 11) is 2.03. The molecule has 0 saturated heterocycles. The molecule has 1 heterocycles. The molecule has 1 aromatic heterocycles. The molecule has 3 heteroatoms. The first-order chi connectivity index (χ1) is 8.76. The smallest absolute Gasteiger partial charge is 0.0669 e. The fourth-order valence-electron chi connectivity index (χ4n) is 3.31. The number of nitrogens with one attached hydrogen (secondary N) is 1. The molecule has 0 bridgehead atoms. The normalized spacial score (nSPS) is 19.1. The van der Waals surface area contributed by atoms with Gasteiger partial charge in [-0.1, -0.05) is 33.1 Å². The summed E-state index contributed by atoms with van der Waals surface area (Å²) in [6, 6.07) is 0.513. The van der Waals surface area contributed by atoms with Gasteiger partial charge < -0.3 is 5.32 Å². The number of hydrogen-bond donors (Lipinski definition) is 1. The van der Waals surface area contributed by atoms with E-state index in [9.17, 15) is 0 Å². The average molecular weight is 249 g/mol. The van der Waals surface area contributed by atoms with Gasteiger partial charge in [0.1, 0.15) is 0 Å². The van der Waals surface area contributed by atoms with Crippen LogP contribution in [0.5, 0.6) is 0 Å². The average Bonchev–Trinajstić information content (AvgIpc) is 2.78. The third-order valence-corrected chi connectivity index (χ3v) is 4.15. The van der Waals surface area contributed by atoms with Crippen LogP contribution in [0.1, 0.15) is 63.3 Å². The Morgan fingerprint density at radius 3 is 2.67 bits per heavy atom. The number of rotatable bonds is 5. The van der Waals surface area contributed by atoms with Gasteiger partial charge in [0.2, 0.25) is 0 Å². The maximum atomic E-state index is 4.60. The number of hydrogen-bond acceptors (Lipinski definition) is 2. The van der Waals surface area contributed by atoms with E-state index in [1.54, 1.807) is 0 Å². The Labute approximate surface area is 111 Å². The van der Waals surface area contributed by atoms with E-state index in [-0.39, 0.29) is 0 Å². The van der Waals surface area contributed by atoms with Gasteiger partial charge in [-0.15, -0.1) is 0 Å². The standard InChI is InChI=1S/C15H27N3/c1-4-14-13(11-18(3)17-14)15(16-5-2)12-9-7-6-8-10-12/h11-12,15-16H,4-10H2,1-3H3. The van der Waals surface area contributed by atoms with E-state index >= 15 is 0 Å². The second-order valence-electron chi connectivity index (χ2n) is 5.49. The van der Waals surface area contributed by atoms with Crippen LogP contribution in [0.25, 0.3) is 0 Å². The summed E-state index contributed by atoms with van der Waals surface area (Å²) in [6.45, 7) is 5.45. The monoisotopic (exact) mass is 249 g/mol. The van der Waals surface area contributed by atoms with Gasteiger partial charge in [-0.05, 0) is 31.7 Å². The van der Waals surface area contributed by atoms with Crippen LogP contribution in [0.2, 0.25) is 0 Å². The zero-order chi connectivity index (χ0) is 13.0. The molecule has 3 nitrogen and oxygen atoms in total. The van der Waals surface area contributed by atoms with Gasteiger partial charge in [0.05, 0.1) is 5.69 Å². The zero-order valence-corrected chi connectivity index (χ0v) is 12.1. The fraction of sp³-hybridized carbons (Fsp3) is 0.800. The van der Waals surface area contributed by atoms with Gasteiger partial charge in [-0.25, -0.2) is 0 Å². The lowest BCUT2D eigenvalue weighted by atomic mass is 9.81. The Morgan fingerprint density at radius 2 is 2.06 bits per heavy atom. The highest BCUT2D eigenvalue weighted by Gasteiger charge is 2.27. The summed E-state index contributed by atoms with van der Waals surface area (Å²) >= 11 is 0. The van der Waals surface area contributed by atoms with Crippen LogP contribution in [0.3, 0.4) is 0 Å². The Bertz CT molecular complexity index is 364. The molecular weight excluding hydrogens is 222 g/mol. The molecule has 1 aliphatic rings. The highest BCUT2D eigenvalue weighted by molar-refractivity contribution is 5.22. The molecule has 1 atom stereocenters. The first-order valence-electron chi connectivity index (χ1n) is 7.52. The summed E-state index contributed by atoms with van der Waals surface area (Å²) in [5.41, 5.74) is 2.71. The lowest BCUT2D eigenvalue weighted by molar-refractivity contribution is 0.273. The van der Waals surface area contributed by atoms with Crippen molar-refractivity contribution in [2.75, 3.05) is 6.54 Å². The summed E-state index contributed by atoms with van der Waals surface area (Å²) in [5, 5.41) is 8.31. The molecule has 1 aliphatic carbocycles. The number of aromatic nitrogens is 2. The molecule has 2 rings (SSSR count). The molecule has 1 fully saturated rings. The molecule has 18 heavy (non-hydrogen) atoms. The van der Waals surface area contributed by atoms with Crippen molar-refractivity contribution >= 4 is 0 Å². The van der Waals surface area contributed by atoms with E-state index in [1.165, 1.54) is 43.4 Å². The van der Waals surface area contributed by atoms with Crippen molar-refractivity contribution in [3.05, 3.63) is 17.5 Å². The molecule has 0 aliphatic heterocycles. The van der Waals surface area contributed by atoms with Crippen LogP contribution in [-0.4, -0.2) is 16.3 Å². The molecular formula is C15H27N3. The Balaban J connectivity index is 2.21. The highest BCUT2D eigenvalue weighted by atomic mass is 15.3. The number of nitrogens with zero attached hydrogens (tertiary/aromatic N) is 2. The molecule has 1 saturated carbocycles. The van der Waals surface area contributed by atoms with Gasteiger partial charge in [-0.2, -0.15) is 5.10 Å². The van der Waals surface area contributed by atoms with Gasteiger partial charge >= 0.3 is 0 Å². The minimum Gasteiger partial charge on any atom is -0.310 e. The van der Waals surface area contributed by atoms with Crippen LogP contribution >= 0.6 is 0 Å². The lowest BCUT2D eigenvalue weighted by Gasteiger charge is -2.31. The Hall–Kier alpha value is -0.830. The second kappa shape index (κ2) is 6.37. The van der Waals surface area contributed by atoms with E-state index in [0.717, 1.165) is 18.9 Å². The Kier molecular flexibility index (Phi) is 4.81. The summed E-state index contributed by atoms with van der Waals surface area (Å²) < 4.78 is 1.97. The minimum atomic E-state index is 0.513. The van der Waals surface area contributed by atoms with E-state index in [0.29, 0.717) is 6.04 Å². The maximum absolute atomic E-state index is 4.60. The van der Waals surface area contributed by atoms with Crippen LogP contribution in [-0.2, 0) is 13.5 Å². The van der Waals surface area contributed by atoms with E-state index < -0.39 is 0 Å². The topological polar surface area (TPSA) is 29.9 Å². The van der Waals surface area contributed by atoms with Crippen LogP contribution < -0.4 is 5.32 Å². The third-order valence-electron chi connectivity index (χ3n) is 4.15. The first-order valence-corrected chi connectivity index (χ1v) is 7.52. The lowest BCUT2D eigenvalue weighted by Crippen LogP contribution is -2.30. The quantitative estimate of drug-likeness (QED) is 0.868. The third kappa shape index (κ3) is 2.94. The summed E-state index contributed by atoms with van der Waals surface area (Å²) in [6.07, 6.45) is 10.2. The van der Waals surface area contributed by atoms with Crippen molar-refractivity contribution in [3.8, 4) is 0 Å². The van der Waals surface area contributed by atoms with Crippen molar-refractivity contribution in [3.63, 3.8) is 0 Å². The highest BCUT2D eigenvalue weighted by Crippen LogP contribution is 2.35. The Morgan fingerprint density at radius 1 is 1.33 bits per heavy atom. The van der Waals surface area contributed by atoms with Crippen LogP contribution in [0, 0.1) is 5.92 Å². The van der Waals surface area contributed by atoms with Gasteiger partial charge in [0.15, 0.2) is 0 Å². The zero-order valence-electron chi connectivity index (χ0n) is 12.1. The van der Waals surface area contributed by atoms with Crippen molar-refractivity contribution in [1.29, 1.82) is 0 Å². The van der Waals surface area contributed by atoms with E-state index in [4.69, 9.17) is 0 Å². The van der Waals surface area contributed by atoms with Crippen molar-refractivity contribution in [2.24, 2.45) is 13.0 Å². The van der Waals surface area contributed by atoms with Crippen molar-refractivity contribution < 1.29 is 0 Å². The molecule has 1 N–H and O–H groups in total. The van der Waals surface area contributed by atoms with E-state index in [1.807, 2.05) is 11.7 Å². The fourth-order valence-corrected chi connectivity index (χ4v) is 3.31. The van der Waals surface area contributed by atoms with E-state index in [2.05, 4.69) is 30.5 Å². The van der Waals surface area contributed by atoms with Crippen molar-refractivity contribution in [1.82, 2.24) is 15.1 Å². The van der Waals surface area contributed by atoms with Crippen LogP contribution in [0.4, 0.5) is 0 Å². The largest absolute Gasteiger partial charge is 0.310 e. The van der Waals surface area contributed by atoms with Gasteiger partial charge in [0.25, 0.3) is 0 Å². The minimum absolute atomic E-state index is 0.513. The summed E-state index contributed by atoms with van der Waals surface area (Å²) in [4.78, 5) is 0. The second-order valence-corrected chi connectivity index (χ2v) is 5.49. The first kappa shape index (κ1) is 13.6. The SMILES string of the molecule is CCNC(c1cn(C)nc1CC)C1CCCCC1. The van der Waals surface area contributed by atoms with Crippen LogP contribution in [0.15, 0.2) is 6.20 Å². The van der Waals surface area contributed by atoms with Gasteiger partial charge in [-0.3, -0.25) is 4.68 Å². The molecule has 0 amide bonds. The number of aryl methyl sites for hydroxylation is 2. The molecule has 1 unspecified atom stereocenters. The molecule has 0 spiro atoms. The predicted octanol–water partition coefficient (Wildman–Crippen LogP) is 3.21. The molecule has 0 aromatic carbocycles. The molecule has 0 radical (unpaired) electrons. The van der Waals surface area contributed by atoms with Crippen molar-refractivity contribution in [2.45, 2.75) is 58.4 Å². The predicted molar refractivity (Wildman–Crippen MR) is 75.6 cm³/mol. The van der Waals surface area contributed by atoms with Gasteiger partial charge in [0, 0.05) is 24.8 Å². The molecule has 102 valence electrons. The maximum Gasteiger partial charge on any atom is 0.0669 e. The summed E-state index contributed by atoms with van der Waals surface area (Å²) in [5.74, 6) is 0.799.